The third-order valence-electron chi connectivity index (χ3n) is 4.46. The SMILES string of the molecule is COCCC(NC(=O)C(C(C)C)S(=O)(=O)C1CCCCC1)C(=O)O. The zero-order chi connectivity index (χ0) is 18.3. The number of rotatable bonds is 9. The third-order valence-corrected chi connectivity index (χ3v) is 7.33. The van der Waals surface area contributed by atoms with Gasteiger partial charge in [0.25, 0.3) is 0 Å². The number of amides is 1. The molecule has 0 aromatic carbocycles. The summed E-state index contributed by atoms with van der Waals surface area (Å²) in [6.07, 6.45) is 3.95. The summed E-state index contributed by atoms with van der Waals surface area (Å²) >= 11 is 0. The number of methoxy groups -OCH3 is 1. The fraction of sp³-hybridized carbons (Fsp3) is 0.875. The minimum atomic E-state index is -3.65. The van der Waals surface area contributed by atoms with E-state index < -0.39 is 44.2 Å². The van der Waals surface area contributed by atoms with Crippen LogP contribution in [0.15, 0.2) is 0 Å². The molecule has 0 heterocycles. The van der Waals surface area contributed by atoms with Crippen molar-refractivity contribution >= 4 is 21.7 Å². The first-order valence-electron chi connectivity index (χ1n) is 8.46. The van der Waals surface area contributed by atoms with E-state index in [1.54, 1.807) is 13.8 Å². The molecule has 1 aliphatic carbocycles. The Balaban J connectivity index is 2.93. The highest BCUT2D eigenvalue weighted by molar-refractivity contribution is 7.93. The molecule has 8 heteroatoms. The number of carboxylic acid groups (broad SMARTS) is 1. The van der Waals surface area contributed by atoms with Crippen LogP contribution >= 0.6 is 0 Å². The van der Waals surface area contributed by atoms with Crippen molar-refractivity contribution in [3.63, 3.8) is 0 Å². The molecule has 0 bridgehead atoms. The van der Waals surface area contributed by atoms with Crippen LogP contribution < -0.4 is 5.32 Å². The third kappa shape index (κ3) is 5.44. The molecule has 7 nitrogen and oxygen atoms in total. The Kier molecular flexibility index (Phi) is 8.15. The van der Waals surface area contributed by atoms with Gasteiger partial charge in [-0.15, -0.1) is 0 Å². The van der Waals surface area contributed by atoms with E-state index >= 15 is 0 Å². The molecular formula is C16H29NO6S. The number of nitrogens with one attached hydrogen (secondary N) is 1. The van der Waals surface area contributed by atoms with Gasteiger partial charge in [0.05, 0.1) is 5.25 Å². The van der Waals surface area contributed by atoms with Crippen molar-refractivity contribution in [2.24, 2.45) is 5.92 Å². The van der Waals surface area contributed by atoms with Crippen molar-refractivity contribution in [2.75, 3.05) is 13.7 Å². The molecule has 1 fully saturated rings. The second-order valence-electron chi connectivity index (χ2n) is 6.69. The van der Waals surface area contributed by atoms with E-state index in [1.807, 2.05) is 0 Å². The summed E-state index contributed by atoms with van der Waals surface area (Å²) in [6, 6.07) is -1.15. The van der Waals surface area contributed by atoms with Crippen molar-refractivity contribution in [3.05, 3.63) is 0 Å². The van der Waals surface area contributed by atoms with Crippen molar-refractivity contribution in [3.8, 4) is 0 Å². The summed E-state index contributed by atoms with van der Waals surface area (Å²) in [7, 11) is -2.21. The number of ether oxygens (including phenoxy) is 1. The lowest BCUT2D eigenvalue weighted by Gasteiger charge is -2.29. The van der Waals surface area contributed by atoms with Gasteiger partial charge in [-0.3, -0.25) is 4.79 Å². The van der Waals surface area contributed by atoms with E-state index in [-0.39, 0.29) is 13.0 Å². The number of hydrogen-bond donors (Lipinski definition) is 2. The van der Waals surface area contributed by atoms with Gasteiger partial charge >= 0.3 is 5.97 Å². The summed E-state index contributed by atoms with van der Waals surface area (Å²) in [4.78, 5) is 23.8. The van der Waals surface area contributed by atoms with E-state index in [9.17, 15) is 23.1 Å². The van der Waals surface area contributed by atoms with Gasteiger partial charge in [0.2, 0.25) is 5.91 Å². The molecule has 1 aliphatic rings. The Morgan fingerprint density at radius 3 is 2.25 bits per heavy atom. The van der Waals surface area contributed by atoms with Gasteiger partial charge in [-0.1, -0.05) is 33.1 Å². The highest BCUT2D eigenvalue weighted by Crippen LogP contribution is 2.29. The largest absolute Gasteiger partial charge is 0.480 e. The van der Waals surface area contributed by atoms with Gasteiger partial charge in [-0.2, -0.15) is 0 Å². The lowest BCUT2D eigenvalue weighted by Crippen LogP contribution is -2.52. The molecule has 0 saturated heterocycles. The van der Waals surface area contributed by atoms with Crippen molar-refractivity contribution in [1.29, 1.82) is 0 Å². The van der Waals surface area contributed by atoms with Crippen molar-refractivity contribution < 1.29 is 27.9 Å². The molecule has 2 N–H and O–H groups in total. The molecular weight excluding hydrogens is 334 g/mol. The number of carbonyl (C=O) groups excluding carboxylic acids is 1. The second kappa shape index (κ2) is 9.36. The summed E-state index contributed by atoms with van der Waals surface area (Å²) in [5.41, 5.74) is 0. The first-order chi connectivity index (χ1) is 11.2. The monoisotopic (exact) mass is 363 g/mol. The van der Waals surface area contributed by atoms with Crippen LogP contribution in [0, 0.1) is 5.92 Å². The molecule has 0 aromatic rings. The maximum atomic E-state index is 12.9. The van der Waals surface area contributed by atoms with Crippen LogP contribution in [0.5, 0.6) is 0 Å². The molecule has 0 aromatic heterocycles. The molecule has 24 heavy (non-hydrogen) atoms. The number of carboxylic acids is 1. The van der Waals surface area contributed by atoms with E-state index in [4.69, 9.17) is 4.74 Å². The number of carbonyl (C=O) groups is 2. The lowest BCUT2D eigenvalue weighted by atomic mass is 10.0. The predicted molar refractivity (Wildman–Crippen MR) is 90.5 cm³/mol. The maximum absolute atomic E-state index is 12.9. The molecule has 0 radical (unpaired) electrons. The van der Waals surface area contributed by atoms with Crippen LogP contribution in [0.4, 0.5) is 0 Å². The summed E-state index contributed by atoms with van der Waals surface area (Å²) < 4.78 is 30.6. The molecule has 0 aliphatic heterocycles. The van der Waals surface area contributed by atoms with Gasteiger partial charge in [-0.25, -0.2) is 13.2 Å². The average Bonchev–Trinajstić information content (AvgIpc) is 2.51. The highest BCUT2D eigenvalue weighted by Gasteiger charge is 2.42. The first-order valence-corrected chi connectivity index (χ1v) is 10.1. The Morgan fingerprint density at radius 2 is 1.79 bits per heavy atom. The van der Waals surface area contributed by atoms with E-state index in [2.05, 4.69) is 5.32 Å². The van der Waals surface area contributed by atoms with Crippen LogP contribution in [0.2, 0.25) is 0 Å². The summed E-state index contributed by atoms with van der Waals surface area (Å²) in [5, 5.41) is 9.86. The molecule has 1 amide bonds. The summed E-state index contributed by atoms with van der Waals surface area (Å²) in [5.74, 6) is -2.34. The van der Waals surface area contributed by atoms with Gasteiger partial charge < -0.3 is 15.2 Å². The van der Waals surface area contributed by atoms with Crippen LogP contribution in [0.1, 0.15) is 52.4 Å². The van der Waals surface area contributed by atoms with E-state index in [0.717, 1.165) is 19.3 Å². The summed E-state index contributed by atoms with van der Waals surface area (Å²) in [6.45, 7) is 3.52. The van der Waals surface area contributed by atoms with Crippen molar-refractivity contribution in [2.45, 2.75) is 68.9 Å². The Morgan fingerprint density at radius 1 is 1.21 bits per heavy atom. The normalized spacial score (nSPS) is 19.0. The number of hydrogen-bond acceptors (Lipinski definition) is 5. The maximum Gasteiger partial charge on any atom is 0.326 e. The quantitative estimate of drug-likeness (QED) is 0.640. The smallest absolute Gasteiger partial charge is 0.326 e. The minimum absolute atomic E-state index is 0.0892. The molecule has 2 atom stereocenters. The van der Waals surface area contributed by atoms with Gasteiger partial charge in [0.15, 0.2) is 9.84 Å². The molecule has 140 valence electrons. The Bertz CT molecular complexity index is 525. The molecule has 0 spiro atoms. The van der Waals surface area contributed by atoms with Crippen molar-refractivity contribution in [1.82, 2.24) is 5.32 Å². The number of sulfone groups is 1. The zero-order valence-electron chi connectivity index (χ0n) is 14.7. The fourth-order valence-corrected chi connectivity index (χ4v) is 5.71. The molecule has 1 rings (SSSR count). The fourth-order valence-electron chi connectivity index (χ4n) is 3.18. The molecule has 2 unspecified atom stereocenters. The Hall–Kier alpha value is -1.15. The van der Waals surface area contributed by atoms with Gasteiger partial charge in [0.1, 0.15) is 11.3 Å². The first kappa shape index (κ1) is 20.9. The minimum Gasteiger partial charge on any atom is -0.480 e. The second-order valence-corrected chi connectivity index (χ2v) is 9.05. The topological polar surface area (TPSA) is 110 Å². The van der Waals surface area contributed by atoms with E-state index in [1.165, 1.54) is 7.11 Å². The van der Waals surface area contributed by atoms with Crippen LogP contribution in [0.25, 0.3) is 0 Å². The number of aliphatic carboxylic acids is 1. The van der Waals surface area contributed by atoms with E-state index in [0.29, 0.717) is 12.8 Å². The molecule has 1 saturated carbocycles. The van der Waals surface area contributed by atoms with Gasteiger partial charge in [-0.05, 0) is 18.8 Å². The zero-order valence-corrected chi connectivity index (χ0v) is 15.5. The van der Waals surface area contributed by atoms with Crippen LogP contribution in [-0.4, -0.2) is 55.7 Å². The predicted octanol–water partition coefficient (Wildman–Crippen LogP) is 1.36. The standard InChI is InChI=1S/C16H29NO6S/c1-11(2)14(24(21,22)12-7-5-4-6-8-12)15(18)17-13(16(19)20)9-10-23-3/h11-14H,4-10H2,1-3H3,(H,17,18)(H,19,20). The highest BCUT2D eigenvalue weighted by atomic mass is 32.2. The van der Waals surface area contributed by atoms with Crippen LogP contribution in [-0.2, 0) is 24.2 Å². The average molecular weight is 363 g/mol. The van der Waals surface area contributed by atoms with Gasteiger partial charge in [0, 0.05) is 20.1 Å². The lowest BCUT2D eigenvalue weighted by molar-refractivity contribution is -0.142. The Labute approximate surface area is 144 Å². The van der Waals surface area contributed by atoms with Crippen LogP contribution in [0.3, 0.4) is 0 Å².